The lowest BCUT2D eigenvalue weighted by molar-refractivity contribution is 0.228. The van der Waals surface area contributed by atoms with Gasteiger partial charge in [-0.25, -0.2) is 0 Å². The third-order valence-corrected chi connectivity index (χ3v) is 5.34. The van der Waals surface area contributed by atoms with E-state index in [1.165, 1.54) is 36.4 Å². The predicted octanol–water partition coefficient (Wildman–Crippen LogP) is 2.97. The molecule has 0 saturated carbocycles. The van der Waals surface area contributed by atoms with Gasteiger partial charge in [0.15, 0.2) is 0 Å². The highest BCUT2D eigenvalue weighted by Crippen LogP contribution is 2.20. The van der Waals surface area contributed by atoms with Gasteiger partial charge in [-0.2, -0.15) is 8.42 Å². The number of allylic oxidation sites excluding steroid dienone is 1. The fraction of sp³-hybridized carbons (Fsp3) is 0.263. The Morgan fingerprint density at radius 2 is 1.46 bits per heavy atom. The maximum atomic E-state index is 11.6. The van der Waals surface area contributed by atoms with E-state index in [1.807, 2.05) is 0 Å². The molecule has 1 unspecified atom stereocenters. The van der Waals surface area contributed by atoms with Crippen molar-refractivity contribution in [1.82, 2.24) is 0 Å². The van der Waals surface area contributed by atoms with E-state index in [1.54, 1.807) is 24.3 Å². The quantitative estimate of drug-likeness (QED) is 0.415. The first kappa shape index (κ1) is 20.0. The second-order valence-corrected chi connectivity index (χ2v) is 7.74. The number of aryl methyl sites for hydroxylation is 1. The molecule has 26 heavy (non-hydrogen) atoms. The van der Waals surface area contributed by atoms with E-state index in [0.29, 0.717) is 12.0 Å². The molecule has 0 radical (unpaired) electrons. The standard InChI is InChI=1S/C19H22O6S/c20-16-9-4-14(5-10-16)6-13-18(26(23,24)25)2-1-3-19(22)15-7-11-17(21)12-8-15/h1,3-5,7-12,18-22H,2,6,13H2,(H,23,24,25)/t18-,19?/m1/s1. The van der Waals surface area contributed by atoms with Crippen molar-refractivity contribution in [2.24, 2.45) is 0 Å². The van der Waals surface area contributed by atoms with Crippen LogP contribution in [0.4, 0.5) is 0 Å². The highest BCUT2D eigenvalue weighted by Gasteiger charge is 2.21. The first-order chi connectivity index (χ1) is 12.3. The van der Waals surface area contributed by atoms with Crippen LogP contribution in [0.5, 0.6) is 11.5 Å². The lowest BCUT2D eigenvalue weighted by Crippen LogP contribution is -2.20. The summed E-state index contributed by atoms with van der Waals surface area (Å²) in [5, 5.41) is 27.6. The summed E-state index contributed by atoms with van der Waals surface area (Å²) in [6.45, 7) is 0. The average Bonchev–Trinajstić information content (AvgIpc) is 2.58. The molecule has 0 fully saturated rings. The van der Waals surface area contributed by atoms with Crippen molar-refractivity contribution < 1.29 is 28.3 Å². The fourth-order valence-electron chi connectivity index (χ4n) is 2.52. The molecule has 0 saturated heterocycles. The molecule has 7 heteroatoms. The van der Waals surface area contributed by atoms with Crippen LogP contribution in [0.15, 0.2) is 60.7 Å². The molecular formula is C19H22O6S. The third-order valence-electron chi connectivity index (χ3n) is 4.06. The Kier molecular flexibility index (Phi) is 6.79. The maximum Gasteiger partial charge on any atom is 0.268 e. The number of aromatic hydroxyl groups is 2. The van der Waals surface area contributed by atoms with E-state index in [4.69, 9.17) is 0 Å². The molecule has 2 aromatic rings. The Bertz CT molecular complexity index is 825. The van der Waals surface area contributed by atoms with Gasteiger partial charge < -0.3 is 15.3 Å². The van der Waals surface area contributed by atoms with Gasteiger partial charge in [0.2, 0.25) is 0 Å². The number of aliphatic hydroxyl groups excluding tert-OH is 1. The van der Waals surface area contributed by atoms with Crippen molar-refractivity contribution in [3.05, 3.63) is 71.8 Å². The first-order valence-electron chi connectivity index (χ1n) is 8.13. The minimum atomic E-state index is -4.23. The van der Waals surface area contributed by atoms with E-state index in [9.17, 15) is 28.3 Å². The van der Waals surface area contributed by atoms with Crippen LogP contribution in [0.25, 0.3) is 0 Å². The Hall–Kier alpha value is -2.35. The lowest BCUT2D eigenvalue weighted by Gasteiger charge is -2.12. The van der Waals surface area contributed by atoms with E-state index in [-0.39, 0.29) is 24.3 Å². The normalized spacial score (nSPS) is 14.4. The summed E-state index contributed by atoms with van der Waals surface area (Å²) in [5.41, 5.74) is 1.41. The number of hydrogen-bond donors (Lipinski definition) is 4. The summed E-state index contributed by atoms with van der Waals surface area (Å²) in [7, 11) is -4.23. The summed E-state index contributed by atoms with van der Waals surface area (Å²) < 4.78 is 32.6. The number of benzene rings is 2. The molecule has 140 valence electrons. The zero-order valence-corrected chi connectivity index (χ0v) is 14.9. The van der Waals surface area contributed by atoms with Gasteiger partial charge in [-0.3, -0.25) is 4.55 Å². The monoisotopic (exact) mass is 378 g/mol. The van der Waals surface area contributed by atoms with Crippen LogP contribution >= 0.6 is 0 Å². The van der Waals surface area contributed by atoms with Crippen molar-refractivity contribution in [2.45, 2.75) is 30.6 Å². The van der Waals surface area contributed by atoms with Crippen LogP contribution in [0.3, 0.4) is 0 Å². The molecule has 0 heterocycles. The van der Waals surface area contributed by atoms with E-state index < -0.39 is 21.5 Å². The van der Waals surface area contributed by atoms with Gasteiger partial charge in [0.25, 0.3) is 10.1 Å². The summed E-state index contributed by atoms with van der Waals surface area (Å²) in [6.07, 6.45) is 2.74. The van der Waals surface area contributed by atoms with Gasteiger partial charge in [0.1, 0.15) is 11.5 Å². The molecule has 0 aromatic heterocycles. The van der Waals surface area contributed by atoms with E-state index in [2.05, 4.69) is 0 Å². The molecule has 0 spiro atoms. The molecule has 0 aliphatic carbocycles. The molecule has 6 nitrogen and oxygen atoms in total. The Labute approximate surface area is 152 Å². The lowest BCUT2D eigenvalue weighted by atomic mass is 10.1. The molecule has 0 bridgehead atoms. The zero-order valence-electron chi connectivity index (χ0n) is 14.1. The summed E-state index contributed by atoms with van der Waals surface area (Å²) in [4.78, 5) is 0. The van der Waals surface area contributed by atoms with Crippen LogP contribution in [-0.4, -0.2) is 33.5 Å². The molecule has 2 aromatic carbocycles. The minimum absolute atomic E-state index is 0.0616. The first-order valence-corrected chi connectivity index (χ1v) is 9.64. The molecule has 2 atom stereocenters. The van der Waals surface area contributed by atoms with E-state index in [0.717, 1.165) is 5.56 Å². The topological polar surface area (TPSA) is 115 Å². The van der Waals surface area contributed by atoms with Gasteiger partial charge in [-0.1, -0.05) is 36.4 Å². The van der Waals surface area contributed by atoms with Crippen LogP contribution in [0.1, 0.15) is 30.1 Å². The molecule has 0 amide bonds. The van der Waals surface area contributed by atoms with Gasteiger partial charge in [0.05, 0.1) is 11.4 Å². The Morgan fingerprint density at radius 3 is 2.00 bits per heavy atom. The smallest absolute Gasteiger partial charge is 0.268 e. The average molecular weight is 378 g/mol. The second kappa shape index (κ2) is 8.84. The number of phenolic OH excluding ortho intramolecular Hbond substituents is 2. The zero-order chi connectivity index (χ0) is 19.2. The van der Waals surface area contributed by atoms with Crippen LogP contribution in [0, 0.1) is 0 Å². The molecule has 0 aliphatic heterocycles. The number of phenols is 2. The summed E-state index contributed by atoms with van der Waals surface area (Å²) in [5.74, 6) is 0.219. The number of rotatable bonds is 8. The second-order valence-electron chi connectivity index (χ2n) is 6.04. The van der Waals surface area contributed by atoms with Crippen LogP contribution in [-0.2, 0) is 16.5 Å². The Morgan fingerprint density at radius 1 is 0.923 bits per heavy atom. The van der Waals surface area contributed by atoms with Gasteiger partial charge in [-0.15, -0.1) is 0 Å². The number of aliphatic hydroxyl groups is 1. The van der Waals surface area contributed by atoms with Crippen molar-refractivity contribution in [3.63, 3.8) is 0 Å². The molecule has 0 aliphatic rings. The molecule has 4 N–H and O–H groups in total. The Balaban J connectivity index is 1.96. The van der Waals surface area contributed by atoms with Gasteiger partial charge in [0, 0.05) is 0 Å². The van der Waals surface area contributed by atoms with Crippen molar-refractivity contribution in [2.75, 3.05) is 0 Å². The molecular weight excluding hydrogens is 356 g/mol. The van der Waals surface area contributed by atoms with Crippen LogP contribution < -0.4 is 0 Å². The fourth-order valence-corrected chi connectivity index (χ4v) is 3.29. The number of hydrogen-bond acceptors (Lipinski definition) is 5. The van der Waals surface area contributed by atoms with Crippen molar-refractivity contribution >= 4 is 10.1 Å². The molecule has 2 rings (SSSR count). The van der Waals surface area contributed by atoms with Crippen molar-refractivity contribution in [1.29, 1.82) is 0 Å². The maximum absolute atomic E-state index is 11.6. The summed E-state index contributed by atoms with van der Waals surface area (Å²) in [6, 6.07) is 12.5. The van der Waals surface area contributed by atoms with Gasteiger partial charge >= 0.3 is 0 Å². The van der Waals surface area contributed by atoms with Crippen LogP contribution in [0.2, 0.25) is 0 Å². The largest absolute Gasteiger partial charge is 0.508 e. The SMILES string of the molecule is O=S(=O)(O)[C@H](CC=CC(O)c1ccc(O)cc1)CCc1ccc(O)cc1. The highest BCUT2D eigenvalue weighted by atomic mass is 32.2. The summed E-state index contributed by atoms with van der Waals surface area (Å²) >= 11 is 0. The van der Waals surface area contributed by atoms with E-state index >= 15 is 0 Å². The predicted molar refractivity (Wildman–Crippen MR) is 98.6 cm³/mol. The third kappa shape index (κ3) is 6.18. The minimum Gasteiger partial charge on any atom is -0.508 e. The van der Waals surface area contributed by atoms with Crippen molar-refractivity contribution in [3.8, 4) is 11.5 Å². The van der Waals surface area contributed by atoms with Gasteiger partial charge in [-0.05, 0) is 54.7 Å². The highest BCUT2D eigenvalue weighted by molar-refractivity contribution is 7.86.